The van der Waals surface area contributed by atoms with Crippen LogP contribution in [-0.2, 0) is 42.7 Å². The van der Waals surface area contributed by atoms with E-state index in [2.05, 4.69) is 38.9 Å². The van der Waals surface area contributed by atoms with E-state index < -0.39 is 12.2 Å². The highest BCUT2D eigenvalue weighted by Crippen LogP contribution is 2.40. The lowest BCUT2D eigenvalue weighted by atomic mass is 9.99. The molecule has 0 saturated carbocycles. The van der Waals surface area contributed by atoms with Crippen LogP contribution in [-0.4, -0.2) is 34.4 Å². The molecule has 0 bridgehead atoms. The first-order chi connectivity index (χ1) is 18.4. The van der Waals surface area contributed by atoms with Crippen LogP contribution >= 0.6 is 0 Å². The number of fused-ring (bicyclic) bond motifs is 4. The third kappa shape index (κ3) is 4.60. The van der Waals surface area contributed by atoms with E-state index in [0.717, 1.165) is 33.6 Å². The zero-order valence-electron chi connectivity index (χ0n) is 21.8. The Kier molecular flexibility index (Phi) is 7.09. The molecule has 4 aromatic rings. The van der Waals surface area contributed by atoms with Gasteiger partial charge < -0.3 is 29.2 Å². The molecule has 2 aromatic heterocycles. The van der Waals surface area contributed by atoms with Gasteiger partial charge in [-0.1, -0.05) is 18.2 Å². The van der Waals surface area contributed by atoms with E-state index in [0.29, 0.717) is 26.1 Å². The van der Waals surface area contributed by atoms with Crippen molar-refractivity contribution in [2.24, 2.45) is 7.05 Å². The molecule has 0 atom stereocenters. The number of alkyl carbamates (subject to hydrolysis) is 2. The Balaban J connectivity index is 1.67. The third-order valence-corrected chi connectivity index (χ3v) is 7.05. The monoisotopic (exact) mass is 518 g/mol. The Bertz CT molecular complexity index is 1500. The second kappa shape index (κ2) is 10.6. The predicted molar refractivity (Wildman–Crippen MR) is 142 cm³/mol. The first kappa shape index (κ1) is 25.4. The molecule has 2 aromatic carbocycles. The van der Waals surface area contributed by atoms with Gasteiger partial charge in [-0.05, 0) is 55.3 Å². The molecule has 1 aliphatic heterocycles. The number of carbonyl (C=O) groups is 2. The minimum Gasteiger partial charge on any atom is -0.445 e. The Labute approximate surface area is 220 Å². The molecule has 0 saturated heterocycles. The Morgan fingerprint density at radius 1 is 0.895 bits per heavy atom. The Hall–Kier alpha value is -4.27. The molecule has 198 valence electrons. The maximum atomic E-state index is 13.9. The summed E-state index contributed by atoms with van der Waals surface area (Å²) in [5.41, 5.74) is 7.64. The number of hydrogen-bond donors (Lipinski definition) is 2. The SMILES string of the molecule is CCNC(=O)OCc1c(COC(=O)NCC)c(-c2ccc(F)cc2)n2c1Cc1c(n(C)c3ccccc13)C2. The van der Waals surface area contributed by atoms with Gasteiger partial charge in [0, 0.05) is 60.0 Å². The lowest BCUT2D eigenvalue weighted by Gasteiger charge is -2.22. The standard InChI is InChI=1S/C29H31FN4O4/c1-4-31-28(35)37-16-22-23(17-38-29(36)32-5-2)27(18-10-12-19(30)13-11-18)34-15-26-21(14-25(22)34)20-8-6-7-9-24(20)33(26)3/h6-13H,4-5,14-17H2,1-3H3,(H,31,35)(H,32,36). The molecule has 1 aliphatic rings. The highest BCUT2D eigenvalue weighted by molar-refractivity contribution is 5.86. The van der Waals surface area contributed by atoms with Gasteiger partial charge in [0.25, 0.3) is 0 Å². The number of nitrogens with zero attached hydrogens (tertiary/aromatic N) is 2. The minimum absolute atomic E-state index is 0.0105. The van der Waals surface area contributed by atoms with Crippen molar-refractivity contribution in [3.05, 3.63) is 82.4 Å². The highest BCUT2D eigenvalue weighted by atomic mass is 19.1. The van der Waals surface area contributed by atoms with Crippen LogP contribution in [0.15, 0.2) is 48.5 Å². The van der Waals surface area contributed by atoms with Crippen LogP contribution in [0.2, 0.25) is 0 Å². The van der Waals surface area contributed by atoms with Crippen molar-refractivity contribution in [1.29, 1.82) is 0 Å². The van der Waals surface area contributed by atoms with Gasteiger partial charge in [0.1, 0.15) is 19.0 Å². The van der Waals surface area contributed by atoms with Crippen molar-refractivity contribution in [1.82, 2.24) is 19.8 Å². The molecule has 2 N–H and O–H groups in total. The number of amides is 2. The molecule has 3 heterocycles. The van der Waals surface area contributed by atoms with E-state index in [1.165, 1.54) is 28.8 Å². The lowest BCUT2D eigenvalue weighted by Crippen LogP contribution is -2.24. The molecular weight excluding hydrogens is 487 g/mol. The smallest absolute Gasteiger partial charge is 0.407 e. The van der Waals surface area contributed by atoms with E-state index in [9.17, 15) is 14.0 Å². The number of aryl methyl sites for hydroxylation is 1. The zero-order chi connectivity index (χ0) is 26.8. The zero-order valence-corrected chi connectivity index (χ0v) is 21.8. The van der Waals surface area contributed by atoms with Crippen LogP contribution in [0.25, 0.3) is 22.2 Å². The Morgan fingerprint density at radius 3 is 2.18 bits per heavy atom. The van der Waals surface area contributed by atoms with Gasteiger partial charge in [0.2, 0.25) is 0 Å². The van der Waals surface area contributed by atoms with Gasteiger partial charge in [0.05, 0.1) is 12.2 Å². The van der Waals surface area contributed by atoms with Gasteiger partial charge in [0.15, 0.2) is 0 Å². The number of rotatable bonds is 7. The van der Waals surface area contributed by atoms with Crippen molar-refractivity contribution in [3.63, 3.8) is 0 Å². The number of carbonyl (C=O) groups excluding carboxylic acids is 2. The van der Waals surface area contributed by atoms with Crippen LogP contribution in [0, 0.1) is 5.82 Å². The molecule has 0 aliphatic carbocycles. The van der Waals surface area contributed by atoms with Crippen molar-refractivity contribution >= 4 is 23.1 Å². The van der Waals surface area contributed by atoms with Crippen LogP contribution in [0.4, 0.5) is 14.0 Å². The summed E-state index contributed by atoms with van der Waals surface area (Å²) < 4.78 is 29.4. The van der Waals surface area contributed by atoms with E-state index in [4.69, 9.17) is 9.47 Å². The van der Waals surface area contributed by atoms with Crippen LogP contribution in [0.1, 0.15) is 41.9 Å². The average Bonchev–Trinajstić information content (AvgIpc) is 3.37. The summed E-state index contributed by atoms with van der Waals surface area (Å²) in [6, 6.07) is 14.6. The fourth-order valence-electron chi connectivity index (χ4n) is 5.32. The number of benzene rings is 2. The second-order valence-corrected chi connectivity index (χ2v) is 9.24. The van der Waals surface area contributed by atoms with E-state index in [-0.39, 0.29) is 19.0 Å². The van der Waals surface area contributed by atoms with Gasteiger partial charge >= 0.3 is 12.2 Å². The molecule has 9 heteroatoms. The second-order valence-electron chi connectivity index (χ2n) is 9.24. The van der Waals surface area contributed by atoms with Crippen molar-refractivity contribution in [2.45, 2.75) is 40.0 Å². The van der Waals surface area contributed by atoms with Crippen LogP contribution in [0.3, 0.4) is 0 Å². The van der Waals surface area contributed by atoms with Gasteiger partial charge in [-0.25, -0.2) is 14.0 Å². The lowest BCUT2D eigenvalue weighted by molar-refractivity contribution is 0.132. The van der Waals surface area contributed by atoms with Crippen molar-refractivity contribution in [3.8, 4) is 11.3 Å². The normalized spacial score (nSPS) is 12.1. The molecular formula is C29H31FN4O4. The van der Waals surface area contributed by atoms with E-state index in [1.807, 2.05) is 26.0 Å². The molecule has 5 rings (SSSR count). The summed E-state index contributed by atoms with van der Waals surface area (Å²) in [6.07, 6.45) is -0.445. The largest absolute Gasteiger partial charge is 0.445 e. The fraction of sp³-hybridized carbons (Fsp3) is 0.310. The van der Waals surface area contributed by atoms with Crippen LogP contribution in [0.5, 0.6) is 0 Å². The molecule has 0 unspecified atom stereocenters. The van der Waals surface area contributed by atoms with E-state index >= 15 is 0 Å². The first-order valence-corrected chi connectivity index (χ1v) is 12.8. The predicted octanol–water partition coefficient (Wildman–Crippen LogP) is 5.23. The average molecular weight is 519 g/mol. The fourth-order valence-corrected chi connectivity index (χ4v) is 5.32. The molecule has 38 heavy (non-hydrogen) atoms. The summed E-state index contributed by atoms with van der Waals surface area (Å²) in [6.45, 7) is 5.07. The summed E-state index contributed by atoms with van der Waals surface area (Å²) in [4.78, 5) is 24.5. The number of para-hydroxylation sites is 1. The van der Waals surface area contributed by atoms with Crippen molar-refractivity contribution in [2.75, 3.05) is 13.1 Å². The summed E-state index contributed by atoms with van der Waals surface area (Å²) in [7, 11) is 2.06. The topological polar surface area (TPSA) is 86.5 Å². The number of halogens is 1. The first-order valence-electron chi connectivity index (χ1n) is 12.8. The number of ether oxygens (including phenoxy) is 2. The quantitative estimate of drug-likeness (QED) is 0.309. The maximum absolute atomic E-state index is 13.9. The molecule has 0 radical (unpaired) electrons. The molecule has 0 fully saturated rings. The minimum atomic E-state index is -0.536. The number of hydrogen-bond acceptors (Lipinski definition) is 4. The molecule has 0 spiro atoms. The maximum Gasteiger partial charge on any atom is 0.407 e. The summed E-state index contributed by atoms with van der Waals surface area (Å²) in [5.74, 6) is -0.338. The summed E-state index contributed by atoms with van der Waals surface area (Å²) in [5, 5.41) is 6.49. The Morgan fingerprint density at radius 2 is 1.53 bits per heavy atom. The van der Waals surface area contributed by atoms with Gasteiger partial charge in [-0.15, -0.1) is 0 Å². The summed E-state index contributed by atoms with van der Waals surface area (Å²) >= 11 is 0. The third-order valence-electron chi connectivity index (χ3n) is 7.05. The number of aromatic nitrogens is 2. The highest BCUT2D eigenvalue weighted by Gasteiger charge is 2.31. The molecule has 2 amide bonds. The van der Waals surface area contributed by atoms with Gasteiger partial charge in [-0.2, -0.15) is 0 Å². The van der Waals surface area contributed by atoms with E-state index in [1.54, 1.807) is 12.1 Å². The van der Waals surface area contributed by atoms with Gasteiger partial charge in [-0.3, -0.25) is 0 Å². The number of nitrogens with one attached hydrogen (secondary N) is 2. The van der Waals surface area contributed by atoms with Crippen LogP contribution < -0.4 is 10.6 Å². The molecule has 8 nitrogen and oxygen atoms in total. The van der Waals surface area contributed by atoms with Crippen molar-refractivity contribution < 1.29 is 23.5 Å².